The largest absolute Gasteiger partial charge is 0.496 e. The Balaban J connectivity index is 3.25. The number of benzene rings is 1. The minimum atomic E-state index is -0.684. The van der Waals surface area contributed by atoms with Gasteiger partial charge in [0.15, 0.2) is 0 Å². The van der Waals surface area contributed by atoms with Crippen molar-refractivity contribution < 1.29 is 14.5 Å². The lowest BCUT2D eigenvalue weighted by molar-refractivity contribution is -0.384. The first-order chi connectivity index (χ1) is 6.56. The first kappa shape index (κ1) is 9.97. The number of carbonyl (C=O) groups excluding carboxylic acids is 1. The molecule has 0 saturated heterocycles. The van der Waals surface area contributed by atoms with Gasteiger partial charge in [0.05, 0.1) is 23.7 Å². The number of primary amides is 1. The Morgan fingerprint density at radius 1 is 1.57 bits per heavy atom. The fourth-order valence-corrected chi connectivity index (χ4v) is 0.997. The molecule has 0 atom stereocenters. The summed E-state index contributed by atoms with van der Waals surface area (Å²) in [5, 5.41) is 10.4. The fraction of sp³-hybridized carbons (Fsp3) is 0.125. The number of nitro benzene ring substituents is 1. The maximum Gasteiger partial charge on any atom is 0.273 e. The van der Waals surface area contributed by atoms with E-state index in [-0.39, 0.29) is 17.0 Å². The predicted octanol–water partition coefficient (Wildman–Crippen LogP) is 0.702. The third kappa shape index (κ3) is 1.79. The minimum absolute atomic E-state index is 0.103. The van der Waals surface area contributed by atoms with Crippen molar-refractivity contribution in [2.45, 2.75) is 0 Å². The standard InChI is InChI=1S/C8H8N2O4/c1-14-7-4-5(10(12)13)2-3-6(7)8(9)11/h2-4H,1H3,(H2,9,11). The van der Waals surface area contributed by atoms with Gasteiger partial charge in [-0.3, -0.25) is 14.9 Å². The van der Waals surface area contributed by atoms with E-state index in [1.165, 1.54) is 19.2 Å². The molecule has 0 spiro atoms. The molecule has 0 aliphatic heterocycles. The highest BCUT2D eigenvalue weighted by molar-refractivity contribution is 5.95. The number of carbonyl (C=O) groups is 1. The Bertz CT molecular complexity index is 389. The molecule has 74 valence electrons. The van der Waals surface area contributed by atoms with Crippen molar-refractivity contribution in [3.05, 3.63) is 33.9 Å². The van der Waals surface area contributed by atoms with Gasteiger partial charge in [0.1, 0.15) is 5.75 Å². The number of methoxy groups -OCH3 is 1. The van der Waals surface area contributed by atoms with Crippen LogP contribution in [0.15, 0.2) is 18.2 Å². The van der Waals surface area contributed by atoms with Crippen molar-refractivity contribution in [2.75, 3.05) is 7.11 Å². The first-order valence-corrected chi connectivity index (χ1v) is 3.68. The molecule has 1 amide bonds. The van der Waals surface area contributed by atoms with Gasteiger partial charge < -0.3 is 10.5 Å². The third-order valence-electron chi connectivity index (χ3n) is 1.66. The summed E-state index contributed by atoms with van der Waals surface area (Å²) in [6.45, 7) is 0. The van der Waals surface area contributed by atoms with Gasteiger partial charge in [-0.1, -0.05) is 0 Å². The molecule has 14 heavy (non-hydrogen) atoms. The van der Waals surface area contributed by atoms with Crippen LogP contribution >= 0.6 is 0 Å². The molecule has 6 heteroatoms. The number of nitro groups is 1. The van der Waals surface area contributed by atoms with Crippen LogP contribution in [0.4, 0.5) is 5.69 Å². The molecule has 0 unspecified atom stereocenters. The van der Waals surface area contributed by atoms with E-state index in [1.54, 1.807) is 0 Å². The summed E-state index contributed by atoms with van der Waals surface area (Å²) in [4.78, 5) is 20.6. The molecule has 0 heterocycles. The van der Waals surface area contributed by atoms with Crippen molar-refractivity contribution in [1.82, 2.24) is 0 Å². The van der Waals surface area contributed by atoms with E-state index < -0.39 is 10.8 Å². The molecule has 0 fully saturated rings. The molecule has 0 bridgehead atoms. The molecule has 1 aromatic carbocycles. The maximum absolute atomic E-state index is 10.8. The molecule has 0 aromatic heterocycles. The van der Waals surface area contributed by atoms with Crippen molar-refractivity contribution in [2.24, 2.45) is 5.73 Å². The summed E-state index contributed by atoms with van der Waals surface area (Å²) >= 11 is 0. The summed E-state index contributed by atoms with van der Waals surface area (Å²) in [7, 11) is 1.31. The molecule has 6 nitrogen and oxygen atoms in total. The molecule has 0 aliphatic rings. The maximum atomic E-state index is 10.8. The molecule has 2 N–H and O–H groups in total. The van der Waals surface area contributed by atoms with Crippen LogP contribution < -0.4 is 10.5 Å². The smallest absolute Gasteiger partial charge is 0.273 e. The molecule has 0 radical (unpaired) electrons. The molecule has 1 aromatic rings. The predicted molar refractivity (Wildman–Crippen MR) is 48.2 cm³/mol. The lowest BCUT2D eigenvalue weighted by Gasteiger charge is -2.03. The lowest BCUT2D eigenvalue weighted by Crippen LogP contribution is -2.12. The highest BCUT2D eigenvalue weighted by atomic mass is 16.6. The quantitative estimate of drug-likeness (QED) is 0.568. The summed E-state index contributed by atoms with van der Waals surface area (Å²) in [6, 6.07) is 3.61. The Morgan fingerprint density at radius 2 is 2.21 bits per heavy atom. The monoisotopic (exact) mass is 196 g/mol. The first-order valence-electron chi connectivity index (χ1n) is 3.68. The van der Waals surface area contributed by atoms with E-state index in [0.717, 1.165) is 6.07 Å². The zero-order valence-corrected chi connectivity index (χ0v) is 7.39. The van der Waals surface area contributed by atoms with Crippen molar-refractivity contribution >= 4 is 11.6 Å². The number of amides is 1. The number of hydrogen-bond donors (Lipinski definition) is 1. The van der Waals surface area contributed by atoms with Crippen molar-refractivity contribution in [1.29, 1.82) is 0 Å². The van der Waals surface area contributed by atoms with Crippen LogP contribution in [0.5, 0.6) is 5.75 Å². The summed E-state index contributed by atoms with van der Waals surface area (Å²) in [6.07, 6.45) is 0. The van der Waals surface area contributed by atoms with Crippen LogP contribution in [0.25, 0.3) is 0 Å². The topological polar surface area (TPSA) is 95.5 Å². The Hall–Kier alpha value is -2.11. The lowest BCUT2D eigenvalue weighted by atomic mass is 10.2. The number of nitrogens with two attached hydrogens (primary N) is 1. The molecule has 1 rings (SSSR count). The summed E-state index contributed by atoms with van der Waals surface area (Å²) in [5.74, 6) is -0.580. The van der Waals surface area contributed by atoms with Gasteiger partial charge in [0.2, 0.25) is 0 Å². The van der Waals surface area contributed by atoms with Crippen LogP contribution in [-0.4, -0.2) is 17.9 Å². The van der Waals surface area contributed by atoms with E-state index >= 15 is 0 Å². The second-order valence-electron chi connectivity index (χ2n) is 2.51. The van der Waals surface area contributed by atoms with Gasteiger partial charge in [-0.25, -0.2) is 0 Å². The van der Waals surface area contributed by atoms with Gasteiger partial charge in [-0.15, -0.1) is 0 Å². The molecule has 0 saturated carbocycles. The van der Waals surface area contributed by atoms with Gasteiger partial charge in [-0.2, -0.15) is 0 Å². The molecular weight excluding hydrogens is 188 g/mol. The van der Waals surface area contributed by atoms with E-state index in [2.05, 4.69) is 0 Å². The number of ether oxygens (including phenoxy) is 1. The number of hydrogen-bond acceptors (Lipinski definition) is 4. The highest BCUT2D eigenvalue weighted by Crippen LogP contribution is 2.23. The highest BCUT2D eigenvalue weighted by Gasteiger charge is 2.14. The summed E-state index contributed by atoms with van der Waals surface area (Å²) < 4.78 is 4.79. The minimum Gasteiger partial charge on any atom is -0.496 e. The average molecular weight is 196 g/mol. The van der Waals surface area contributed by atoms with Crippen LogP contribution in [0.1, 0.15) is 10.4 Å². The van der Waals surface area contributed by atoms with Gasteiger partial charge in [-0.05, 0) is 6.07 Å². The van der Waals surface area contributed by atoms with Crippen LogP contribution in [-0.2, 0) is 0 Å². The Labute approximate surface area is 79.4 Å². The second-order valence-corrected chi connectivity index (χ2v) is 2.51. The Kier molecular flexibility index (Phi) is 2.66. The number of rotatable bonds is 3. The number of nitrogens with zero attached hydrogens (tertiary/aromatic N) is 1. The fourth-order valence-electron chi connectivity index (χ4n) is 0.997. The zero-order valence-electron chi connectivity index (χ0n) is 7.39. The zero-order chi connectivity index (χ0) is 10.7. The second kappa shape index (κ2) is 3.73. The number of non-ortho nitro benzene ring substituents is 1. The van der Waals surface area contributed by atoms with Crippen LogP contribution in [0.3, 0.4) is 0 Å². The van der Waals surface area contributed by atoms with E-state index in [0.29, 0.717) is 0 Å². The third-order valence-corrected chi connectivity index (χ3v) is 1.66. The van der Waals surface area contributed by atoms with E-state index in [9.17, 15) is 14.9 Å². The normalized spacial score (nSPS) is 9.50. The van der Waals surface area contributed by atoms with E-state index in [1.807, 2.05) is 0 Å². The van der Waals surface area contributed by atoms with Crippen LogP contribution in [0, 0.1) is 10.1 Å². The van der Waals surface area contributed by atoms with Gasteiger partial charge in [0.25, 0.3) is 11.6 Å². The summed E-state index contributed by atoms with van der Waals surface area (Å²) in [5.41, 5.74) is 5.00. The van der Waals surface area contributed by atoms with Gasteiger partial charge in [0, 0.05) is 6.07 Å². The van der Waals surface area contributed by atoms with Crippen molar-refractivity contribution in [3.8, 4) is 5.75 Å². The SMILES string of the molecule is COc1cc([N+](=O)[O-])ccc1C(N)=O. The Morgan fingerprint density at radius 3 is 2.64 bits per heavy atom. The van der Waals surface area contributed by atoms with Crippen molar-refractivity contribution in [3.63, 3.8) is 0 Å². The van der Waals surface area contributed by atoms with Gasteiger partial charge >= 0.3 is 0 Å². The average Bonchev–Trinajstić information content (AvgIpc) is 2.16. The molecular formula is C8H8N2O4. The van der Waals surface area contributed by atoms with E-state index in [4.69, 9.17) is 10.5 Å². The van der Waals surface area contributed by atoms with Crippen LogP contribution in [0.2, 0.25) is 0 Å². The molecule has 0 aliphatic carbocycles.